The van der Waals surface area contributed by atoms with Crippen LogP contribution < -0.4 is 10.1 Å². The van der Waals surface area contributed by atoms with E-state index in [2.05, 4.69) is 27.1 Å². The van der Waals surface area contributed by atoms with Crippen LogP contribution in [0.1, 0.15) is 28.6 Å². The minimum absolute atomic E-state index is 0.217. The van der Waals surface area contributed by atoms with Crippen LogP contribution in [0.5, 0.6) is 5.75 Å². The van der Waals surface area contributed by atoms with Gasteiger partial charge in [-0.15, -0.1) is 0 Å². The molecule has 1 aliphatic heterocycles. The average Bonchev–Trinajstić information content (AvgIpc) is 3.31. The zero-order valence-electron chi connectivity index (χ0n) is 15.1. The summed E-state index contributed by atoms with van der Waals surface area (Å²) in [5.74, 6) is 6.22. The predicted molar refractivity (Wildman–Crippen MR) is 106 cm³/mol. The minimum atomic E-state index is -1.02. The van der Waals surface area contributed by atoms with Crippen molar-refractivity contribution in [2.45, 2.75) is 6.10 Å². The first-order chi connectivity index (χ1) is 13.7. The number of hydrogen-bond acceptors (Lipinski definition) is 4. The maximum Gasteiger partial charge on any atom is 0.256 e. The van der Waals surface area contributed by atoms with E-state index in [1.165, 1.54) is 0 Å². The maximum atomic E-state index is 12.5. The molecule has 28 heavy (non-hydrogen) atoms. The van der Waals surface area contributed by atoms with Crippen molar-refractivity contribution in [3.63, 3.8) is 0 Å². The van der Waals surface area contributed by atoms with Crippen molar-refractivity contribution >= 4 is 23.2 Å². The predicted octanol–water partition coefficient (Wildman–Crippen LogP) is 3.00. The van der Waals surface area contributed by atoms with Gasteiger partial charge in [0.05, 0.1) is 29.8 Å². The molecule has 2 aromatic heterocycles. The number of benzene rings is 1. The second kappa shape index (κ2) is 7.43. The number of carbonyl (C=O) groups is 1. The average molecular weight is 371 g/mol. The van der Waals surface area contributed by atoms with Crippen LogP contribution >= 0.6 is 0 Å². The number of aromatic nitrogens is 2. The number of fused-ring (bicyclic) bond motifs is 1. The summed E-state index contributed by atoms with van der Waals surface area (Å²) in [5, 5.41) is 13.1. The fraction of sp³-hybridized carbons (Fsp3) is 0.0909. The van der Waals surface area contributed by atoms with Gasteiger partial charge in [0.2, 0.25) is 0 Å². The van der Waals surface area contributed by atoms with E-state index in [0.717, 1.165) is 0 Å². The summed E-state index contributed by atoms with van der Waals surface area (Å²) in [7, 11) is 1.57. The summed E-state index contributed by atoms with van der Waals surface area (Å²) in [6.45, 7) is 0. The van der Waals surface area contributed by atoms with E-state index in [4.69, 9.17) is 4.74 Å². The molecular formula is C22H17N3O3. The van der Waals surface area contributed by atoms with Gasteiger partial charge in [-0.25, -0.2) is 0 Å². The Kier molecular flexibility index (Phi) is 4.67. The number of carbonyl (C=O) groups excluding carboxylic acids is 1. The van der Waals surface area contributed by atoms with E-state index in [0.29, 0.717) is 39.5 Å². The lowest BCUT2D eigenvalue weighted by Crippen LogP contribution is -2.03. The normalized spacial score (nSPS) is 14.8. The number of pyridine rings is 1. The number of hydrogen-bond donors (Lipinski definition) is 3. The molecule has 4 rings (SSSR count). The molecule has 6 heteroatoms. The highest BCUT2D eigenvalue weighted by Crippen LogP contribution is 2.36. The summed E-state index contributed by atoms with van der Waals surface area (Å²) < 4.78 is 5.30. The van der Waals surface area contributed by atoms with E-state index in [-0.39, 0.29) is 5.91 Å². The number of ether oxygens (including phenoxy) is 1. The Balaban J connectivity index is 1.75. The number of methoxy groups -OCH3 is 1. The van der Waals surface area contributed by atoms with Crippen LogP contribution in [0.25, 0.3) is 11.6 Å². The molecule has 0 saturated heterocycles. The first kappa shape index (κ1) is 17.6. The van der Waals surface area contributed by atoms with Gasteiger partial charge in [-0.2, -0.15) is 0 Å². The number of anilines is 1. The molecule has 1 aliphatic rings. The fourth-order valence-corrected chi connectivity index (χ4v) is 3.05. The van der Waals surface area contributed by atoms with Crippen LogP contribution in [0.15, 0.2) is 54.9 Å². The lowest BCUT2D eigenvalue weighted by atomic mass is 9.99. The third-order valence-corrected chi connectivity index (χ3v) is 4.39. The van der Waals surface area contributed by atoms with Gasteiger partial charge < -0.3 is 20.1 Å². The third-order valence-electron chi connectivity index (χ3n) is 4.39. The van der Waals surface area contributed by atoms with Crippen LogP contribution in [0.4, 0.5) is 5.69 Å². The summed E-state index contributed by atoms with van der Waals surface area (Å²) in [6.07, 6.45) is 4.07. The molecular weight excluding hydrogens is 354 g/mol. The molecule has 1 aromatic carbocycles. The van der Waals surface area contributed by atoms with Crippen molar-refractivity contribution in [3.05, 3.63) is 77.4 Å². The summed E-state index contributed by atoms with van der Waals surface area (Å²) in [6, 6.07) is 12.5. The van der Waals surface area contributed by atoms with E-state index in [1.807, 2.05) is 18.2 Å². The third kappa shape index (κ3) is 3.27. The molecule has 1 unspecified atom stereocenters. The molecule has 0 bridgehead atoms. The molecule has 6 nitrogen and oxygen atoms in total. The Morgan fingerprint density at radius 3 is 2.89 bits per heavy atom. The number of H-pyrrole nitrogens is 1. The van der Waals surface area contributed by atoms with Gasteiger partial charge in [-0.3, -0.25) is 9.78 Å². The monoisotopic (exact) mass is 371 g/mol. The molecule has 3 N–H and O–H groups in total. The molecule has 1 amide bonds. The van der Waals surface area contributed by atoms with Gasteiger partial charge in [-0.1, -0.05) is 24.0 Å². The van der Waals surface area contributed by atoms with Crippen molar-refractivity contribution in [1.29, 1.82) is 0 Å². The Bertz CT molecular complexity index is 1120. The van der Waals surface area contributed by atoms with Crippen LogP contribution in [0, 0.1) is 11.8 Å². The maximum absolute atomic E-state index is 12.5. The number of aliphatic hydroxyl groups is 1. The van der Waals surface area contributed by atoms with E-state index < -0.39 is 6.10 Å². The Morgan fingerprint density at radius 1 is 1.21 bits per heavy atom. The zero-order chi connectivity index (χ0) is 19.5. The number of nitrogens with zero attached hydrogens (tertiary/aromatic N) is 1. The first-order valence-corrected chi connectivity index (χ1v) is 8.65. The molecule has 0 aliphatic carbocycles. The van der Waals surface area contributed by atoms with Gasteiger partial charge in [0, 0.05) is 23.5 Å². The van der Waals surface area contributed by atoms with Crippen LogP contribution in [-0.4, -0.2) is 28.1 Å². The van der Waals surface area contributed by atoms with Gasteiger partial charge in [-0.05, 0) is 36.4 Å². The van der Waals surface area contributed by atoms with E-state index >= 15 is 0 Å². The van der Waals surface area contributed by atoms with Gasteiger partial charge in [0.1, 0.15) is 5.75 Å². The highest BCUT2D eigenvalue weighted by molar-refractivity contribution is 6.35. The van der Waals surface area contributed by atoms with E-state index in [9.17, 15) is 9.90 Å². The largest absolute Gasteiger partial charge is 0.495 e. The molecule has 3 heterocycles. The number of aliphatic hydroxyl groups excluding tert-OH is 1. The molecule has 3 aromatic rings. The van der Waals surface area contributed by atoms with Crippen molar-refractivity contribution in [2.24, 2.45) is 0 Å². The van der Waals surface area contributed by atoms with Crippen LogP contribution in [0.3, 0.4) is 0 Å². The SMILES string of the molecule is COc1cc[nH]c1/C=C1\C(=O)Nc2cccc(C#CC(O)c3ccccn3)c21. The Hall–Kier alpha value is -3.82. The Labute approximate surface area is 161 Å². The Morgan fingerprint density at radius 2 is 2.11 bits per heavy atom. The van der Waals surface area contributed by atoms with Crippen molar-refractivity contribution in [3.8, 4) is 17.6 Å². The highest BCUT2D eigenvalue weighted by Gasteiger charge is 2.27. The number of nitrogens with one attached hydrogen (secondary N) is 2. The van der Waals surface area contributed by atoms with Gasteiger partial charge in [0.15, 0.2) is 6.10 Å². The van der Waals surface area contributed by atoms with Crippen LogP contribution in [-0.2, 0) is 4.79 Å². The summed E-state index contributed by atoms with van der Waals surface area (Å²) >= 11 is 0. The minimum Gasteiger partial charge on any atom is -0.495 e. The lowest BCUT2D eigenvalue weighted by molar-refractivity contribution is -0.110. The molecule has 138 valence electrons. The molecule has 0 fully saturated rings. The second-order valence-electron chi connectivity index (χ2n) is 6.13. The number of aromatic amines is 1. The van der Waals surface area contributed by atoms with Crippen molar-refractivity contribution in [1.82, 2.24) is 9.97 Å². The molecule has 0 radical (unpaired) electrons. The second-order valence-corrected chi connectivity index (χ2v) is 6.13. The quantitative estimate of drug-likeness (QED) is 0.488. The summed E-state index contributed by atoms with van der Waals surface area (Å²) in [4.78, 5) is 19.7. The zero-order valence-corrected chi connectivity index (χ0v) is 15.1. The van der Waals surface area contributed by atoms with Crippen LogP contribution in [0.2, 0.25) is 0 Å². The fourth-order valence-electron chi connectivity index (χ4n) is 3.05. The van der Waals surface area contributed by atoms with Crippen molar-refractivity contribution in [2.75, 3.05) is 12.4 Å². The lowest BCUT2D eigenvalue weighted by Gasteiger charge is -2.04. The van der Waals surface area contributed by atoms with Gasteiger partial charge in [0.25, 0.3) is 5.91 Å². The summed E-state index contributed by atoms with van der Waals surface area (Å²) in [5.41, 5.74) is 3.67. The molecule has 1 atom stereocenters. The number of rotatable bonds is 3. The van der Waals surface area contributed by atoms with Gasteiger partial charge >= 0.3 is 0 Å². The first-order valence-electron chi connectivity index (χ1n) is 8.65. The highest BCUT2D eigenvalue weighted by atomic mass is 16.5. The standard InChI is InChI=1S/C22H17N3O3/c1-28-20-10-12-24-18(20)13-15-21-14(5-4-7-17(21)25-22(15)27)8-9-19(26)16-6-2-3-11-23-16/h2-7,10-13,19,24,26H,1H3,(H,25,27)/b15-13-. The number of amides is 1. The smallest absolute Gasteiger partial charge is 0.256 e. The topological polar surface area (TPSA) is 87.2 Å². The van der Waals surface area contributed by atoms with E-state index in [1.54, 1.807) is 49.8 Å². The molecule has 0 saturated carbocycles. The van der Waals surface area contributed by atoms with Crippen molar-refractivity contribution < 1.29 is 14.6 Å². The molecule has 0 spiro atoms.